The SMILES string of the molecule is CC(C)CC[C@@H](c1c(O)ccc2ccccc12)N1CCNCC1.Cl.Cl. The first-order valence-electron chi connectivity index (χ1n) is 8.82. The fourth-order valence-electron chi connectivity index (χ4n) is 3.63. The Labute approximate surface area is 163 Å². The number of phenolic OH excluding ortho intramolecular Hbond substituents is 1. The summed E-state index contributed by atoms with van der Waals surface area (Å²) >= 11 is 0. The van der Waals surface area contributed by atoms with Crippen LogP contribution in [0.1, 0.15) is 38.3 Å². The number of piperazine rings is 1. The van der Waals surface area contributed by atoms with Crippen LogP contribution < -0.4 is 5.32 Å². The van der Waals surface area contributed by atoms with Gasteiger partial charge >= 0.3 is 0 Å². The smallest absolute Gasteiger partial charge is 0.121 e. The molecule has 5 heteroatoms. The molecule has 0 amide bonds. The summed E-state index contributed by atoms with van der Waals surface area (Å²) in [5.74, 6) is 1.12. The van der Waals surface area contributed by atoms with E-state index in [-0.39, 0.29) is 24.8 Å². The van der Waals surface area contributed by atoms with E-state index in [4.69, 9.17) is 0 Å². The third-order valence-corrected chi connectivity index (χ3v) is 4.89. The molecule has 1 saturated heterocycles. The van der Waals surface area contributed by atoms with Crippen LogP contribution in [0.2, 0.25) is 0 Å². The molecular formula is C20H30Cl2N2O. The lowest BCUT2D eigenvalue weighted by Crippen LogP contribution is -2.45. The highest BCUT2D eigenvalue weighted by Gasteiger charge is 2.26. The van der Waals surface area contributed by atoms with Gasteiger partial charge in [-0.25, -0.2) is 0 Å². The van der Waals surface area contributed by atoms with Crippen molar-refractivity contribution in [2.75, 3.05) is 26.2 Å². The van der Waals surface area contributed by atoms with Crippen LogP contribution in [0.3, 0.4) is 0 Å². The van der Waals surface area contributed by atoms with Crippen molar-refractivity contribution in [3.05, 3.63) is 42.0 Å². The molecule has 2 aromatic carbocycles. The summed E-state index contributed by atoms with van der Waals surface area (Å²) in [4.78, 5) is 2.54. The lowest BCUT2D eigenvalue weighted by atomic mass is 9.91. The fraction of sp³-hybridized carbons (Fsp3) is 0.500. The Balaban J connectivity index is 0.00000156. The Bertz CT molecular complexity index is 657. The highest BCUT2D eigenvalue weighted by molar-refractivity contribution is 5.88. The van der Waals surface area contributed by atoms with Gasteiger partial charge < -0.3 is 10.4 Å². The summed E-state index contributed by atoms with van der Waals surface area (Å²) < 4.78 is 0. The molecule has 1 aliphatic heterocycles. The Hall–Kier alpha value is -1.00. The predicted octanol–water partition coefficient (Wildman–Crippen LogP) is 4.77. The van der Waals surface area contributed by atoms with Gasteiger partial charge in [-0.1, -0.05) is 44.2 Å². The number of phenols is 1. The fourth-order valence-corrected chi connectivity index (χ4v) is 3.63. The summed E-state index contributed by atoms with van der Waals surface area (Å²) in [5.41, 5.74) is 1.12. The van der Waals surface area contributed by atoms with Gasteiger partial charge in [0.2, 0.25) is 0 Å². The van der Waals surface area contributed by atoms with E-state index >= 15 is 0 Å². The van der Waals surface area contributed by atoms with Crippen LogP contribution >= 0.6 is 24.8 Å². The van der Waals surface area contributed by atoms with E-state index in [0.717, 1.165) is 38.2 Å². The Kier molecular flexibility index (Phi) is 9.01. The van der Waals surface area contributed by atoms with Crippen LogP contribution in [-0.2, 0) is 0 Å². The lowest BCUT2D eigenvalue weighted by molar-refractivity contribution is 0.158. The minimum atomic E-state index is 0. The number of nitrogens with one attached hydrogen (secondary N) is 1. The molecule has 1 fully saturated rings. The summed E-state index contributed by atoms with van der Waals surface area (Å²) in [6.45, 7) is 8.71. The maximum absolute atomic E-state index is 10.6. The average molecular weight is 385 g/mol. The number of rotatable bonds is 5. The molecule has 2 N–H and O–H groups in total. The van der Waals surface area contributed by atoms with E-state index in [1.54, 1.807) is 0 Å². The van der Waals surface area contributed by atoms with E-state index in [1.807, 2.05) is 12.1 Å². The first-order chi connectivity index (χ1) is 11.2. The maximum Gasteiger partial charge on any atom is 0.121 e. The second-order valence-corrected chi connectivity index (χ2v) is 6.99. The molecule has 0 radical (unpaired) electrons. The van der Waals surface area contributed by atoms with Gasteiger partial charge in [-0.3, -0.25) is 4.90 Å². The monoisotopic (exact) mass is 384 g/mol. The zero-order chi connectivity index (χ0) is 16.2. The van der Waals surface area contributed by atoms with Gasteiger partial charge in [0.1, 0.15) is 5.75 Å². The summed E-state index contributed by atoms with van der Waals surface area (Å²) in [5, 5.41) is 16.5. The molecule has 3 rings (SSSR count). The molecule has 0 aromatic heterocycles. The summed E-state index contributed by atoms with van der Waals surface area (Å²) in [6.07, 6.45) is 2.27. The zero-order valence-corrected chi connectivity index (χ0v) is 16.7. The van der Waals surface area contributed by atoms with Crippen LogP contribution in [0.25, 0.3) is 10.8 Å². The highest BCUT2D eigenvalue weighted by atomic mass is 35.5. The second kappa shape index (κ2) is 10.2. The highest BCUT2D eigenvalue weighted by Crippen LogP contribution is 2.38. The van der Waals surface area contributed by atoms with Gasteiger partial charge in [0.05, 0.1) is 0 Å². The minimum absolute atomic E-state index is 0. The molecule has 0 unspecified atom stereocenters. The molecule has 0 spiro atoms. The Morgan fingerprint density at radius 3 is 2.36 bits per heavy atom. The van der Waals surface area contributed by atoms with E-state index in [2.05, 4.69) is 48.3 Å². The van der Waals surface area contributed by atoms with Crippen molar-refractivity contribution in [2.45, 2.75) is 32.7 Å². The van der Waals surface area contributed by atoms with Crippen molar-refractivity contribution in [1.82, 2.24) is 10.2 Å². The lowest BCUT2D eigenvalue weighted by Gasteiger charge is -2.36. The van der Waals surface area contributed by atoms with Crippen molar-refractivity contribution >= 4 is 35.6 Å². The number of hydrogen-bond donors (Lipinski definition) is 2. The molecule has 2 aromatic rings. The molecule has 0 saturated carbocycles. The molecule has 3 nitrogen and oxygen atoms in total. The van der Waals surface area contributed by atoms with Gasteiger partial charge in [0.25, 0.3) is 0 Å². The quantitative estimate of drug-likeness (QED) is 0.778. The second-order valence-electron chi connectivity index (χ2n) is 6.99. The van der Waals surface area contributed by atoms with E-state index in [0.29, 0.717) is 17.7 Å². The standard InChI is InChI=1S/C20H28N2O.2ClH/c1-15(2)7-9-18(22-13-11-21-12-14-22)20-17-6-4-3-5-16(17)8-10-19(20)23;;/h3-6,8,10,15,18,21,23H,7,9,11-14H2,1-2H3;2*1H/t18-;;/m0../s1. The molecule has 140 valence electrons. The first-order valence-corrected chi connectivity index (χ1v) is 8.82. The molecule has 1 heterocycles. The number of hydrogen-bond acceptors (Lipinski definition) is 3. The minimum Gasteiger partial charge on any atom is -0.508 e. The topological polar surface area (TPSA) is 35.5 Å². The third-order valence-electron chi connectivity index (χ3n) is 4.89. The number of halogens is 2. The van der Waals surface area contributed by atoms with E-state index < -0.39 is 0 Å². The van der Waals surface area contributed by atoms with Crippen molar-refractivity contribution in [3.63, 3.8) is 0 Å². The average Bonchev–Trinajstić information content (AvgIpc) is 2.57. The van der Waals surface area contributed by atoms with Crippen molar-refractivity contribution < 1.29 is 5.11 Å². The molecule has 1 aliphatic rings. The third kappa shape index (κ3) is 5.24. The Morgan fingerprint density at radius 1 is 1.00 bits per heavy atom. The van der Waals surface area contributed by atoms with Crippen LogP contribution in [0.5, 0.6) is 5.75 Å². The number of benzene rings is 2. The van der Waals surface area contributed by atoms with Crippen LogP contribution in [0.15, 0.2) is 36.4 Å². The van der Waals surface area contributed by atoms with Crippen molar-refractivity contribution in [3.8, 4) is 5.75 Å². The largest absolute Gasteiger partial charge is 0.508 e. The van der Waals surface area contributed by atoms with Gasteiger partial charge in [0, 0.05) is 37.8 Å². The van der Waals surface area contributed by atoms with Crippen LogP contribution in [-0.4, -0.2) is 36.2 Å². The first kappa shape index (κ1) is 22.0. The predicted molar refractivity (Wildman–Crippen MR) is 111 cm³/mol. The molecule has 0 aliphatic carbocycles. The van der Waals surface area contributed by atoms with Crippen molar-refractivity contribution in [2.24, 2.45) is 5.92 Å². The Morgan fingerprint density at radius 2 is 1.68 bits per heavy atom. The molecule has 1 atom stereocenters. The van der Waals surface area contributed by atoms with Gasteiger partial charge in [-0.15, -0.1) is 24.8 Å². The van der Waals surface area contributed by atoms with Crippen LogP contribution in [0, 0.1) is 5.92 Å². The van der Waals surface area contributed by atoms with Crippen molar-refractivity contribution in [1.29, 1.82) is 0 Å². The van der Waals surface area contributed by atoms with Gasteiger partial charge in [0.15, 0.2) is 0 Å². The van der Waals surface area contributed by atoms with Gasteiger partial charge in [-0.05, 0) is 35.6 Å². The number of nitrogens with zero attached hydrogens (tertiary/aromatic N) is 1. The normalized spacial score (nSPS) is 16.3. The van der Waals surface area contributed by atoms with E-state index in [9.17, 15) is 5.11 Å². The summed E-state index contributed by atoms with van der Waals surface area (Å²) in [6, 6.07) is 12.6. The van der Waals surface area contributed by atoms with Gasteiger partial charge in [-0.2, -0.15) is 0 Å². The number of fused-ring (bicyclic) bond motifs is 1. The zero-order valence-electron chi connectivity index (χ0n) is 15.1. The molecular weight excluding hydrogens is 355 g/mol. The molecule has 0 bridgehead atoms. The maximum atomic E-state index is 10.6. The number of aromatic hydroxyl groups is 1. The summed E-state index contributed by atoms with van der Waals surface area (Å²) in [7, 11) is 0. The molecule has 25 heavy (non-hydrogen) atoms. The van der Waals surface area contributed by atoms with E-state index in [1.165, 1.54) is 17.2 Å². The van der Waals surface area contributed by atoms with Crippen LogP contribution in [0.4, 0.5) is 0 Å².